The fourth-order valence-electron chi connectivity index (χ4n) is 3.92. The predicted molar refractivity (Wildman–Crippen MR) is 83.7 cm³/mol. The van der Waals surface area contributed by atoms with Crippen molar-refractivity contribution < 1.29 is 9.64 Å². The Morgan fingerprint density at radius 3 is 2.59 bits per heavy atom. The van der Waals surface area contributed by atoms with Gasteiger partial charge in [0.25, 0.3) is 0 Å². The molecule has 2 aliphatic rings. The minimum atomic E-state index is 0.404. The van der Waals surface area contributed by atoms with Crippen LogP contribution in [0.4, 0.5) is 0 Å². The van der Waals surface area contributed by atoms with Gasteiger partial charge in [0.15, 0.2) is 6.04 Å². The summed E-state index contributed by atoms with van der Waals surface area (Å²) in [6.45, 7) is 8.43. The molecule has 1 aromatic heterocycles. The maximum atomic E-state index is 5.54. The first-order valence-electron chi connectivity index (χ1n) is 8.95. The van der Waals surface area contributed by atoms with E-state index in [0.29, 0.717) is 18.0 Å². The zero-order valence-corrected chi connectivity index (χ0v) is 14.0. The van der Waals surface area contributed by atoms with E-state index in [9.17, 15) is 0 Å². The number of hydrogen-bond acceptors (Lipinski definition) is 4. The Labute approximate surface area is 133 Å². The number of aromatic nitrogens is 4. The third-order valence-electron chi connectivity index (χ3n) is 5.09. The van der Waals surface area contributed by atoms with E-state index in [1.54, 1.807) is 4.90 Å². The summed E-state index contributed by atoms with van der Waals surface area (Å²) in [5.74, 6) is 1.76. The molecule has 6 heteroatoms. The number of nitrogens with one attached hydrogen (secondary N) is 1. The first kappa shape index (κ1) is 15.9. The van der Waals surface area contributed by atoms with Crippen molar-refractivity contribution in [2.24, 2.45) is 5.92 Å². The molecule has 0 bridgehead atoms. The van der Waals surface area contributed by atoms with Gasteiger partial charge in [-0.05, 0) is 29.2 Å². The van der Waals surface area contributed by atoms with Crippen LogP contribution in [-0.2, 0) is 4.74 Å². The SMILES string of the molecule is CC(C)C[C@@H](c1nnnn1C1CCCCC1)[NH+]1CCOCC1. The lowest BCUT2D eigenvalue weighted by Gasteiger charge is -2.32. The standard InChI is InChI=1S/C16H29N5O/c1-13(2)12-15(20-8-10-22-11-9-20)16-17-18-19-21(16)14-6-4-3-5-7-14/h13-15H,3-12H2,1-2H3/p+1/t15-/m0/s1. The Bertz CT molecular complexity index is 449. The van der Waals surface area contributed by atoms with Gasteiger partial charge in [-0.15, -0.1) is 5.10 Å². The number of rotatable bonds is 5. The molecule has 0 amide bonds. The van der Waals surface area contributed by atoms with Gasteiger partial charge in [-0.2, -0.15) is 0 Å². The van der Waals surface area contributed by atoms with Crippen molar-refractivity contribution in [2.45, 2.75) is 64.5 Å². The number of nitrogens with zero attached hydrogens (tertiary/aromatic N) is 4. The second-order valence-electron chi connectivity index (χ2n) is 7.23. The molecule has 1 atom stereocenters. The highest BCUT2D eigenvalue weighted by molar-refractivity contribution is 4.91. The normalized spacial score (nSPS) is 23.0. The average Bonchev–Trinajstić information content (AvgIpc) is 3.03. The van der Waals surface area contributed by atoms with Crippen LogP contribution < -0.4 is 4.90 Å². The van der Waals surface area contributed by atoms with Gasteiger partial charge in [0.2, 0.25) is 5.82 Å². The quantitative estimate of drug-likeness (QED) is 0.887. The van der Waals surface area contributed by atoms with E-state index in [-0.39, 0.29) is 0 Å². The van der Waals surface area contributed by atoms with Gasteiger partial charge in [-0.3, -0.25) is 0 Å². The molecule has 2 fully saturated rings. The minimum absolute atomic E-state index is 0.404. The van der Waals surface area contributed by atoms with Gasteiger partial charge < -0.3 is 9.64 Å². The monoisotopic (exact) mass is 308 g/mol. The lowest BCUT2D eigenvalue weighted by atomic mass is 9.95. The zero-order valence-electron chi connectivity index (χ0n) is 14.0. The van der Waals surface area contributed by atoms with Crippen LogP contribution in [-0.4, -0.2) is 46.5 Å². The molecule has 6 nitrogen and oxygen atoms in total. The fraction of sp³-hybridized carbons (Fsp3) is 0.938. The molecule has 1 saturated heterocycles. The summed E-state index contributed by atoms with van der Waals surface area (Å²) in [6, 6.07) is 0.912. The first-order valence-corrected chi connectivity index (χ1v) is 8.95. The van der Waals surface area contributed by atoms with Crippen LogP contribution in [0.2, 0.25) is 0 Å². The van der Waals surface area contributed by atoms with Crippen LogP contribution in [0.3, 0.4) is 0 Å². The first-order chi connectivity index (χ1) is 10.8. The van der Waals surface area contributed by atoms with Gasteiger partial charge in [0.1, 0.15) is 13.1 Å². The molecule has 0 radical (unpaired) electrons. The van der Waals surface area contributed by atoms with Crippen LogP contribution in [0.5, 0.6) is 0 Å². The third-order valence-corrected chi connectivity index (χ3v) is 5.09. The van der Waals surface area contributed by atoms with Gasteiger partial charge in [0.05, 0.1) is 19.3 Å². The molecule has 124 valence electrons. The van der Waals surface area contributed by atoms with Crippen LogP contribution in [0.25, 0.3) is 0 Å². The zero-order chi connectivity index (χ0) is 15.4. The van der Waals surface area contributed by atoms with E-state index < -0.39 is 0 Å². The smallest absolute Gasteiger partial charge is 0.209 e. The van der Waals surface area contributed by atoms with Crippen molar-refractivity contribution in [1.29, 1.82) is 0 Å². The molecule has 22 heavy (non-hydrogen) atoms. The van der Waals surface area contributed by atoms with Gasteiger partial charge in [0, 0.05) is 6.42 Å². The van der Waals surface area contributed by atoms with E-state index >= 15 is 0 Å². The molecule has 2 heterocycles. The summed E-state index contributed by atoms with van der Waals surface area (Å²) in [6.07, 6.45) is 7.57. The molecule has 0 aromatic carbocycles. The topological polar surface area (TPSA) is 57.3 Å². The third kappa shape index (κ3) is 3.66. The second-order valence-corrected chi connectivity index (χ2v) is 7.23. The molecule has 3 rings (SSSR count). The van der Waals surface area contributed by atoms with Crippen molar-refractivity contribution in [3.05, 3.63) is 5.82 Å². The van der Waals surface area contributed by atoms with E-state index in [1.165, 1.54) is 32.1 Å². The lowest BCUT2D eigenvalue weighted by Crippen LogP contribution is -3.14. The molecular formula is C16H30N5O+. The number of hydrogen-bond donors (Lipinski definition) is 1. The minimum Gasteiger partial charge on any atom is -0.370 e. The molecular weight excluding hydrogens is 278 g/mol. The van der Waals surface area contributed by atoms with Crippen molar-refractivity contribution >= 4 is 0 Å². The van der Waals surface area contributed by atoms with Crippen molar-refractivity contribution in [3.8, 4) is 0 Å². The highest BCUT2D eigenvalue weighted by Gasteiger charge is 2.33. The Morgan fingerprint density at radius 2 is 1.91 bits per heavy atom. The summed E-state index contributed by atoms with van der Waals surface area (Å²) in [5, 5.41) is 12.9. The predicted octanol–water partition coefficient (Wildman–Crippen LogP) is 1.18. The van der Waals surface area contributed by atoms with Crippen molar-refractivity contribution in [2.75, 3.05) is 26.3 Å². The van der Waals surface area contributed by atoms with Crippen LogP contribution in [0.15, 0.2) is 0 Å². The van der Waals surface area contributed by atoms with E-state index in [1.807, 2.05) is 0 Å². The molecule has 1 saturated carbocycles. The summed E-state index contributed by atoms with van der Waals surface area (Å²) in [7, 11) is 0. The highest BCUT2D eigenvalue weighted by atomic mass is 16.5. The maximum absolute atomic E-state index is 5.54. The second kappa shape index (κ2) is 7.51. The average molecular weight is 308 g/mol. The lowest BCUT2D eigenvalue weighted by molar-refractivity contribution is -0.940. The Kier molecular flexibility index (Phi) is 5.41. The molecule has 1 aliphatic heterocycles. The van der Waals surface area contributed by atoms with E-state index in [4.69, 9.17) is 4.74 Å². The van der Waals surface area contributed by atoms with E-state index in [0.717, 1.165) is 38.5 Å². The molecule has 0 spiro atoms. The van der Waals surface area contributed by atoms with Crippen LogP contribution >= 0.6 is 0 Å². The Hall–Kier alpha value is -1.01. The fourth-order valence-corrected chi connectivity index (χ4v) is 3.92. The van der Waals surface area contributed by atoms with Crippen LogP contribution in [0.1, 0.15) is 70.3 Å². The van der Waals surface area contributed by atoms with Gasteiger partial charge >= 0.3 is 0 Å². The summed E-state index contributed by atoms with van der Waals surface area (Å²) in [5.41, 5.74) is 0. The summed E-state index contributed by atoms with van der Waals surface area (Å²) >= 11 is 0. The summed E-state index contributed by atoms with van der Waals surface area (Å²) < 4.78 is 7.70. The molecule has 1 aromatic rings. The molecule has 1 aliphatic carbocycles. The number of tetrazole rings is 1. The number of ether oxygens (including phenoxy) is 1. The van der Waals surface area contributed by atoms with Crippen molar-refractivity contribution in [1.82, 2.24) is 20.2 Å². The number of morpholine rings is 1. The van der Waals surface area contributed by atoms with Crippen molar-refractivity contribution in [3.63, 3.8) is 0 Å². The Balaban J connectivity index is 1.82. The summed E-state index contributed by atoms with van der Waals surface area (Å²) in [4.78, 5) is 1.59. The van der Waals surface area contributed by atoms with Gasteiger partial charge in [-0.1, -0.05) is 33.1 Å². The van der Waals surface area contributed by atoms with Gasteiger partial charge in [-0.25, -0.2) is 4.68 Å². The van der Waals surface area contributed by atoms with Crippen LogP contribution in [0, 0.1) is 5.92 Å². The maximum Gasteiger partial charge on any atom is 0.209 e. The molecule has 1 N–H and O–H groups in total. The molecule has 0 unspecified atom stereocenters. The van der Waals surface area contributed by atoms with E-state index in [2.05, 4.69) is 34.1 Å². The Morgan fingerprint density at radius 1 is 1.18 bits per heavy atom. The highest BCUT2D eigenvalue weighted by Crippen LogP contribution is 2.29. The largest absolute Gasteiger partial charge is 0.370 e. The number of quaternary nitrogens is 1.